The van der Waals surface area contributed by atoms with Gasteiger partial charge < -0.3 is 20.1 Å². The SMILES string of the molecule is Cl.O=C(COc1ccc(O)cc1)N1CCNCC1c1ccccc1Cl. The molecule has 2 N–H and O–H groups in total. The Morgan fingerprint density at radius 2 is 1.96 bits per heavy atom. The van der Waals surface area contributed by atoms with Crippen LogP contribution in [0.25, 0.3) is 0 Å². The van der Waals surface area contributed by atoms with Crippen molar-refractivity contribution in [1.82, 2.24) is 10.2 Å². The zero-order chi connectivity index (χ0) is 16.9. The molecule has 1 heterocycles. The van der Waals surface area contributed by atoms with E-state index in [4.69, 9.17) is 16.3 Å². The van der Waals surface area contributed by atoms with Crippen LogP contribution in [0.2, 0.25) is 5.02 Å². The Morgan fingerprint density at radius 1 is 1.24 bits per heavy atom. The van der Waals surface area contributed by atoms with Gasteiger partial charge in [-0.15, -0.1) is 12.4 Å². The molecule has 1 unspecified atom stereocenters. The molecule has 2 aromatic rings. The third kappa shape index (κ3) is 4.78. The first-order chi connectivity index (χ1) is 11.6. The summed E-state index contributed by atoms with van der Waals surface area (Å²) in [7, 11) is 0. The first-order valence-electron chi connectivity index (χ1n) is 7.81. The maximum atomic E-state index is 12.6. The molecule has 0 radical (unpaired) electrons. The molecule has 25 heavy (non-hydrogen) atoms. The Labute approximate surface area is 158 Å². The van der Waals surface area contributed by atoms with Crippen LogP contribution in [0.3, 0.4) is 0 Å². The molecular formula is C18H20Cl2N2O3. The largest absolute Gasteiger partial charge is 0.508 e. The van der Waals surface area contributed by atoms with E-state index in [-0.39, 0.29) is 36.7 Å². The van der Waals surface area contributed by atoms with E-state index in [9.17, 15) is 9.90 Å². The van der Waals surface area contributed by atoms with E-state index in [1.807, 2.05) is 24.3 Å². The van der Waals surface area contributed by atoms with Gasteiger partial charge in [-0.25, -0.2) is 0 Å². The molecular weight excluding hydrogens is 363 g/mol. The number of piperazine rings is 1. The molecule has 134 valence electrons. The van der Waals surface area contributed by atoms with Gasteiger partial charge in [0.15, 0.2) is 6.61 Å². The third-order valence-electron chi connectivity index (χ3n) is 4.03. The standard InChI is InChI=1S/C18H19ClN2O3.ClH/c19-16-4-2-1-3-15(16)17-11-20-9-10-21(17)18(23)12-24-14-7-5-13(22)6-8-14;/h1-8,17,20,22H,9-12H2;1H. The number of benzene rings is 2. The highest BCUT2D eigenvalue weighted by Crippen LogP contribution is 2.28. The van der Waals surface area contributed by atoms with E-state index in [0.717, 1.165) is 12.1 Å². The lowest BCUT2D eigenvalue weighted by atomic mass is 10.0. The second-order valence-electron chi connectivity index (χ2n) is 5.61. The zero-order valence-corrected chi connectivity index (χ0v) is 15.1. The van der Waals surface area contributed by atoms with Gasteiger partial charge in [0, 0.05) is 24.7 Å². The number of carbonyl (C=O) groups excluding carboxylic acids is 1. The van der Waals surface area contributed by atoms with Crippen LogP contribution >= 0.6 is 24.0 Å². The molecule has 1 aliphatic heterocycles. The van der Waals surface area contributed by atoms with Crippen molar-refractivity contribution < 1.29 is 14.6 Å². The van der Waals surface area contributed by atoms with Gasteiger partial charge in [0.05, 0.1) is 6.04 Å². The van der Waals surface area contributed by atoms with Crippen molar-refractivity contribution in [3.63, 3.8) is 0 Å². The topological polar surface area (TPSA) is 61.8 Å². The lowest BCUT2D eigenvalue weighted by Gasteiger charge is -2.36. The van der Waals surface area contributed by atoms with Gasteiger partial charge in [-0.05, 0) is 35.9 Å². The van der Waals surface area contributed by atoms with Gasteiger partial charge >= 0.3 is 0 Å². The summed E-state index contributed by atoms with van der Waals surface area (Å²) in [5.74, 6) is 0.620. The summed E-state index contributed by atoms with van der Waals surface area (Å²) in [6.45, 7) is 1.96. The number of hydrogen-bond donors (Lipinski definition) is 2. The molecule has 3 rings (SSSR count). The van der Waals surface area contributed by atoms with Crippen molar-refractivity contribution in [3.05, 3.63) is 59.1 Å². The molecule has 5 nitrogen and oxygen atoms in total. The lowest BCUT2D eigenvalue weighted by Crippen LogP contribution is -2.50. The van der Waals surface area contributed by atoms with E-state index in [1.165, 1.54) is 12.1 Å². The predicted octanol–water partition coefficient (Wildman–Crippen LogP) is 3.02. The van der Waals surface area contributed by atoms with Crippen LogP contribution in [0.1, 0.15) is 11.6 Å². The number of nitrogens with one attached hydrogen (secondary N) is 1. The maximum Gasteiger partial charge on any atom is 0.261 e. The molecule has 2 aromatic carbocycles. The number of nitrogens with zero attached hydrogens (tertiary/aromatic N) is 1. The average molecular weight is 383 g/mol. The Hall–Kier alpha value is -1.95. The molecule has 1 fully saturated rings. The number of amides is 1. The highest BCUT2D eigenvalue weighted by atomic mass is 35.5. The molecule has 1 aliphatic rings. The number of halogens is 2. The van der Waals surface area contributed by atoms with Crippen LogP contribution in [0.5, 0.6) is 11.5 Å². The van der Waals surface area contributed by atoms with Crippen LogP contribution in [-0.2, 0) is 4.79 Å². The number of carbonyl (C=O) groups is 1. The normalized spacial score (nSPS) is 16.8. The number of ether oxygens (including phenoxy) is 1. The third-order valence-corrected chi connectivity index (χ3v) is 4.37. The van der Waals surface area contributed by atoms with Crippen molar-refractivity contribution in [2.75, 3.05) is 26.2 Å². The van der Waals surface area contributed by atoms with Crippen molar-refractivity contribution in [1.29, 1.82) is 0 Å². The summed E-state index contributed by atoms with van der Waals surface area (Å²) in [5.41, 5.74) is 0.935. The molecule has 1 saturated heterocycles. The first kappa shape index (κ1) is 19.4. The number of rotatable bonds is 4. The lowest BCUT2D eigenvalue weighted by molar-refractivity contribution is -0.136. The summed E-state index contributed by atoms with van der Waals surface area (Å²) in [6, 6.07) is 13.8. The monoisotopic (exact) mass is 382 g/mol. The van der Waals surface area contributed by atoms with Gasteiger partial charge in [-0.1, -0.05) is 29.8 Å². The van der Waals surface area contributed by atoms with Crippen LogP contribution in [0, 0.1) is 0 Å². The zero-order valence-electron chi connectivity index (χ0n) is 13.5. The molecule has 0 aromatic heterocycles. The van der Waals surface area contributed by atoms with Crippen LogP contribution in [-0.4, -0.2) is 42.2 Å². The number of hydrogen-bond acceptors (Lipinski definition) is 4. The van der Waals surface area contributed by atoms with Gasteiger partial charge in [0.2, 0.25) is 0 Å². The number of phenolic OH excluding ortho intramolecular Hbond substituents is 1. The van der Waals surface area contributed by atoms with Gasteiger partial charge in [0.25, 0.3) is 5.91 Å². The molecule has 0 spiro atoms. The summed E-state index contributed by atoms with van der Waals surface area (Å²) in [6.07, 6.45) is 0. The van der Waals surface area contributed by atoms with E-state index >= 15 is 0 Å². The minimum atomic E-state index is -0.108. The molecule has 7 heteroatoms. The van der Waals surface area contributed by atoms with Crippen molar-refractivity contribution in [2.24, 2.45) is 0 Å². The quantitative estimate of drug-likeness (QED) is 0.852. The van der Waals surface area contributed by atoms with Gasteiger partial charge in [-0.3, -0.25) is 4.79 Å². The number of phenols is 1. The summed E-state index contributed by atoms with van der Waals surface area (Å²) >= 11 is 6.29. The summed E-state index contributed by atoms with van der Waals surface area (Å²) < 4.78 is 5.53. The number of aromatic hydroxyl groups is 1. The van der Waals surface area contributed by atoms with E-state index in [1.54, 1.807) is 17.0 Å². The Balaban J connectivity index is 0.00000225. The Kier molecular flexibility index (Phi) is 6.93. The fourth-order valence-electron chi connectivity index (χ4n) is 2.80. The van der Waals surface area contributed by atoms with Crippen molar-refractivity contribution in [2.45, 2.75) is 6.04 Å². The molecule has 0 saturated carbocycles. The van der Waals surface area contributed by atoms with E-state index < -0.39 is 0 Å². The van der Waals surface area contributed by atoms with Crippen molar-refractivity contribution >= 4 is 29.9 Å². The van der Waals surface area contributed by atoms with Gasteiger partial charge in [-0.2, -0.15) is 0 Å². The minimum absolute atomic E-state index is 0. The second kappa shape index (κ2) is 8.94. The first-order valence-corrected chi connectivity index (χ1v) is 8.19. The summed E-state index contributed by atoms with van der Waals surface area (Å²) in [4.78, 5) is 14.4. The molecule has 0 aliphatic carbocycles. The summed E-state index contributed by atoms with van der Waals surface area (Å²) in [5, 5.41) is 13.2. The van der Waals surface area contributed by atoms with E-state index in [2.05, 4.69) is 5.32 Å². The molecule has 1 amide bonds. The Morgan fingerprint density at radius 3 is 2.68 bits per heavy atom. The molecule has 0 bridgehead atoms. The second-order valence-corrected chi connectivity index (χ2v) is 6.02. The van der Waals surface area contributed by atoms with Crippen LogP contribution < -0.4 is 10.1 Å². The van der Waals surface area contributed by atoms with Gasteiger partial charge in [0.1, 0.15) is 11.5 Å². The van der Waals surface area contributed by atoms with Crippen LogP contribution in [0.4, 0.5) is 0 Å². The smallest absolute Gasteiger partial charge is 0.261 e. The van der Waals surface area contributed by atoms with Crippen molar-refractivity contribution in [3.8, 4) is 11.5 Å². The van der Waals surface area contributed by atoms with E-state index in [0.29, 0.717) is 23.9 Å². The minimum Gasteiger partial charge on any atom is -0.508 e. The maximum absolute atomic E-state index is 12.6. The fraction of sp³-hybridized carbons (Fsp3) is 0.278. The average Bonchev–Trinajstić information content (AvgIpc) is 2.61. The van der Waals surface area contributed by atoms with Crippen LogP contribution in [0.15, 0.2) is 48.5 Å². The Bertz CT molecular complexity index is 710. The predicted molar refractivity (Wildman–Crippen MR) is 99.6 cm³/mol. The molecule has 1 atom stereocenters. The highest BCUT2D eigenvalue weighted by molar-refractivity contribution is 6.31. The highest BCUT2D eigenvalue weighted by Gasteiger charge is 2.29. The fourth-order valence-corrected chi connectivity index (χ4v) is 3.06.